The van der Waals surface area contributed by atoms with Crippen LogP contribution in [-0.2, 0) is 0 Å². The molecule has 1 atom stereocenters. The van der Waals surface area contributed by atoms with Gasteiger partial charge in [0.1, 0.15) is 17.2 Å². The monoisotopic (exact) mass is 742 g/mol. The lowest BCUT2D eigenvalue weighted by Gasteiger charge is -2.24. The highest BCUT2D eigenvalue weighted by atomic mass is 16.3. The molecule has 1 aliphatic heterocycles. The molecule has 0 aliphatic carbocycles. The number of benzene rings is 8. The lowest BCUT2D eigenvalue weighted by atomic mass is 9.91. The lowest BCUT2D eigenvalue weighted by molar-refractivity contribution is 0.668. The maximum Gasteiger partial charge on any atom is 0.156 e. The third-order valence-corrected chi connectivity index (χ3v) is 11.7. The minimum atomic E-state index is -0.271. The van der Waals surface area contributed by atoms with E-state index < -0.39 is 0 Å². The largest absolute Gasteiger partial charge is 0.456 e. The molecule has 11 aromatic rings. The zero-order valence-corrected chi connectivity index (χ0v) is 31.4. The van der Waals surface area contributed by atoms with E-state index in [-0.39, 0.29) is 6.04 Å². The Labute approximate surface area is 333 Å². The third kappa shape index (κ3) is 4.77. The molecule has 8 aromatic carbocycles. The Bertz CT molecular complexity index is 3510. The van der Waals surface area contributed by atoms with Crippen LogP contribution < -0.4 is 0 Å². The van der Waals surface area contributed by atoms with Crippen LogP contribution in [0.25, 0.3) is 76.9 Å². The summed E-state index contributed by atoms with van der Waals surface area (Å²) >= 11 is 0. The highest BCUT2D eigenvalue weighted by molar-refractivity contribution is 6.29. The van der Waals surface area contributed by atoms with Crippen LogP contribution in [0.15, 0.2) is 215 Å². The molecule has 0 spiro atoms. The zero-order chi connectivity index (χ0) is 38.3. The van der Waals surface area contributed by atoms with Crippen LogP contribution in [0, 0.1) is 0 Å². The van der Waals surface area contributed by atoms with Gasteiger partial charge in [-0.15, -0.1) is 0 Å². The van der Waals surface area contributed by atoms with Gasteiger partial charge in [-0.2, -0.15) is 0 Å². The smallest absolute Gasteiger partial charge is 0.156 e. The maximum absolute atomic E-state index is 6.73. The van der Waals surface area contributed by atoms with Gasteiger partial charge in [-0.1, -0.05) is 134 Å². The van der Waals surface area contributed by atoms with Crippen molar-refractivity contribution in [1.29, 1.82) is 0 Å². The van der Waals surface area contributed by atoms with Crippen molar-refractivity contribution in [3.63, 3.8) is 0 Å². The predicted molar refractivity (Wildman–Crippen MR) is 240 cm³/mol. The SMILES string of the molecule is C=C1C(c2ccccc2)=NC(c2cccc3oc4cc(-n5c6ccccc6c6c7c8ccccc8n(-c8ccccc8)c7ccc65)ccc4c23)=NC1c1ccccc1. The van der Waals surface area contributed by atoms with Gasteiger partial charge in [-0.25, -0.2) is 4.99 Å². The molecule has 0 radical (unpaired) electrons. The fourth-order valence-corrected chi connectivity index (χ4v) is 9.21. The second-order valence-electron chi connectivity index (χ2n) is 15.0. The normalized spacial score (nSPS) is 14.6. The van der Waals surface area contributed by atoms with Crippen molar-refractivity contribution >= 4 is 77.1 Å². The van der Waals surface area contributed by atoms with Crippen molar-refractivity contribution < 1.29 is 4.42 Å². The molecule has 0 amide bonds. The van der Waals surface area contributed by atoms with Crippen molar-refractivity contribution in [3.8, 4) is 11.4 Å². The van der Waals surface area contributed by atoms with Gasteiger partial charge in [-0.05, 0) is 60.2 Å². The molecule has 58 heavy (non-hydrogen) atoms. The third-order valence-electron chi connectivity index (χ3n) is 11.7. The van der Waals surface area contributed by atoms with Gasteiger partial charge in [0.05, 0.1) is 27.8 Å². The molecule has 0 saturated heterocycles. The van der Waals surface area contributed by atoms with E-state index in [0.29, 0.717) is 5.84 Å². The summed E-state index contributed by atoms with van der Waals surface area (Å²) < 4.78 is 11.5. The standard InChI is InChI=1S/C53H34N4O/c1-33-51(34-16-5-2-6-17-34)54-53(55-52(33)35-18-7-3-8-19-35)41-24-15-27-46-48(41)40-29-28-37(32-47(40)58-46)57-43-26-14-12-23-39(43)50-45(57)31-30-44-49(50)38-22-11-13-25-42(38)56(44)36-20-9-4-10-21-36/h2-32,51H,1H2. The minimum Gasteiger partial charge on any atom is -0.456 e. The summed E-state index contributed by atoms with van der Waals surface area (Å²) in [7, 11) is 0. The van der Waals surface area contributed by atoms with Gasteiger partial charge in [-0.3, -0.25) is 4.99 Å². The number of fused-ring (bicyclic) bond motifs is 10. The van der Waals surface area contributed by atoms with Crippen molar-refractivity contribution in [1.82, 2.24) is 9.13 Å². The maximum atomic E-state index is 6.73. The first-order chi connectivity index (χ1) is 28.7. The molecule has 12 rings (SSSR count). The number of hydrogen-bond donors (Lipinski definition) is 0. The van der Waals surface area contributed by atoms with E-state index >= 15 is 0 Å². The molecule has 1 unspecified atom stereocenters. The van der Waals surface area contributed by atoms with E-state index in [1.165, 1.54) is 32.6 Å². The van der Waals surface area contributed by atoms with E-state index in [1.807, 2.05) is 36.4 Å². The van der Waals surface area contributed by atoms with Crippen LogP contribution >= 0.6 is 0 Å². The Kier molecular flexibility index (Phi) is 7.07. The summed E-state index contributed by atoms with van der Waals surface area (Å²) in [5, 5.41) is 6.95. The van der Waals surface area contributed by atoms with Crippen molar-refractivity contribution in [2.45, 2.75) is 6.04 Å². The zero-order valence-electron chi connectivity index (χ0n) is 31.4. The van der Waals surface area contributed by atoms with Crippen LogP contribution in [0.5, 0.6) is 0 Å². The second kappa shape index (κ2) is 12.6. The Hall–Kier alpha value is -7.76. The Balaban J connectivity index is 1.07. The van der Waals surface area contributed by atoms with Crippen LogP contribution in [0.3, 0.4) is 0 Å². The molecule has 0 fully saturated rings. The van der Waals surface area contributed by atoms with E-state index in [9.17, 15) is 0 Å². The molecule has 3 aromatic heterocycles. The number of rotatable bonds is 5. The molecule has 0 saturated carbocycles. The summed E-state index contributed by atoms with van der Waals surface area (Å²) in [6, 6.07) is 65.8. The Morgan fingerprint density at radius 2 is 1.07 bits per heavy atom. The van der Waals surface area contributed by atoms with Crippen LogP contribution in [0.2, 0.25) is 0 Å². The van der Waals surface area contributed by atoms with Crippen molar-refractivity contribution in [3.05, 3.63) is 217 Å². The lowest BCUT2D eigenvalue weighted by Crippen LogP contribution is -2.20. The summed E-state index contributed by atoms with van der Waals surface area (Å²) in [5.41, 5.74) is 13.2. The second-order valence-corrected chi connectivity index (χ2v) is 15.0. The Morgan fingerprint density at radius 3 is 1.76 bits per heavy atom. The van der Waals surface area contributed by atoms with Gasteiger partial charge >= 0.3 is 0 Å². The molecule has 1 aliphatic rings. The predicted octanol–water partition coefficient (Wildman–Crippen LogP) is 13.3. The topological polar surface area (TPSA) is 47.7 Å². The summed E-state index contributed by atoms with van der Waals surface area (Å²) in [6.45, 7) is 4.52. The fraction of sp³-hybridized carbons (Fsp3) is 0.0189. The number of para-hydroxylation sites is 3. The molecule has 272 valence electrons. The van der Waals surface area contributed by atoms with E-state index in [4.69, 9.17) is 14.4 Å². The van der Waals surface area contributed by atoms with Crippen molar-refractivity contribution in [2.75, 3.05) is 0 Å². The fourth-order valence-electron chi connectivity index (χ4n) is 9.21. The highest BCUT2D eigenvalue weighted by Crippen LogP contribution is 2.43. The Morgan fingerprint density at radius 1 is 0.466 bits per heavy atom. The summed E-state index contributed by atoms with van der Waals surface area (Å²) in [5.74, 6) is 0.665. The number of aromatic nitrogens is 2. The van der Waals surface area contributed by atoms with E-state index in [1.54, 1.807) is 0 Å². The van der Waals surface area contributed by atoms with Crippen molar-refractivity contribution in [2.24, 2.45) is 9.98 Å². The van der Waals surface area contributed by atoms with Crippen LogP contribution in [-0.4, -0.2) is 20.7 Å². The molecule has 0 N–H and O–H groups in total. The summed E-state index contributed by atoms with van der Waals surface area (Å²) in [4.78, 5) is 10.5. The first-order valence-electron chi connectivity index (χ1n) is 19.6. The molecular weight excluding hydrogens is 709 g/mol. The molecule has 5 nitrogen and oxygen atoms in total. The van der Waals surface area contributed by atoms with Gasteiger partial charge < -0.3 is 13.6 Å². The highest BCUT2D eigenvalue weighted by Gasteiger charge is 2.28. The molecular formula is C53H34N4O. The van der Waals surface area contributed by atoms with Gasteiger partial charge in [0.15, 0.2) is 5.84 Å². The molecule has 0 bridgehead atoms. The molecule has 5 heteroatoms. The average Bonchev–Trinajstić information content (AvgIpc) is 3.94. The number of aliphatic imine (C=N–C) groups is 2. The van der Waals surface area contributed by atoms with Gasteiger partial charge in [0.25, 0.3) is 0 Å². The van der Waals surface area contributed by atoms with Crippen LogP contribution in [0.4, 0.5) is 0 Å². The number of nitrogens with zero attached hydrogens (tertiary/aromatic N) is 4. The van der Waals surface area contributed by atoms with Gasteiger partial charge in [0, 0.05) is 66.5 Å². The first kappa shape index (κ1) is 32.5. The van der Waals surface area contributed by atoms with Crippen LogP contribution in [0.1, 0.15) is 22.7 Å². The first-order valence-corrected chi connectivity index (χ1v) is 19.6. The summed E-state index contributed by atoms with van der Waals surface area (Å²) in [6.07, 6.45) is 0. The average molecular weight is 743 g/mol. The number of furan rings is 1. The van der Waals surface area contributed by atoms with E-state index in [2.05, 4.69) is 167 Å². The quantitative estimate of drug-likeness (QED) is 0.173. The van der Waals surface area contributed by atoms with Gasteiger partial charge in [0.2, 0.25) is 0 Å². The number of hydrogen-bond acceptors (Lipinski definition) is 3. The van der Waals surface area contributed by atoms with E-state index in [0.717, 1.165) is 72.3 Å². The molecule has 4 heterocycles. The minimum absolute atomic E-state index is 0.271. The number of amidine groups is 1.